The van der Waals surface area contributed by atoms with E-state index in [1.165, 1.54) is 392 Å². The first-order valence-electron chi connectivity index (χ1n) is 39.3. The van der Waals surface area contributed by atoms with Gasteiger partial charge in [-0.1, -0.05) is 425 Å². The Morgan fingerprint density at radius 1 is 0.286 bits per heavy atom. The first kappa shape index (κ1) is 82.9. The molecule has 0 saturated heterocycles. The summed E-state index contributed by atoms with van der Waals surface area (Å²) in [5.41, 5.74) is 0. The number of aliphatic hydroxyl groups is 2. The number of rotatable bonds is 75. The molecule has 0 aliphatic heterocycles. The lowest BCUT2D eigenvalue weighted by Crippen LogP contribution is -2.45. The van der Waals surface area contributed by atoms with Crippen LogP contribution in [0.25, 0.3) is 0 Å². The van der Waals surface area contributed by atoms with Crippen molar-refractivity contribution < 1.29 is 24.5 Å². The lowest BCUT2D eigenvalue weighted by atomic mass is 10.0. The molecule has 0 aliphatic carbocycles. The van der Waals surface area contributed by atoms with Crippen LogP contribution in [0.1, 0.15) is 463 Å². The Hall–Kier alpha value is -1.14. The fourth-order valence-corrected chi connectivity index (χ4v) is 12.9. The quantitative estimate of drug-likeness (QED) is 0.0417. The molecule has 0 aromatic heterocycles. The zero-order valence-corrected chi connectivity index (χ0v) is 57.7. The number of carbonyl (C=O) groups is 2. The van der Waals surface area contributed by atoms with Crippen molar-refractivity contribution in [3.8, 4) is 0 Å². The molecular weight excluding hydrogens is 1030 g/mol. The highest BCUT2D eigenvalue weighted by Crippen LogP contribution is 2.21. The van der Waals surface area contributed by atoms with E-state index in [-0.39, 0.29) is 18.5 Å². The summed E-state index contributed by atoms with van der Waals surface area (Å²) in [6, 6.07) is -0.541. The van der Waals surface area contributed by atoms with E-state index in [1.54, 1.807) is 0 Å². The van der Waals surface area contributed by atoms with Crippen LogP contribution in [0.2, 0.25) is 0 Å². The van der Waals surface area contributed by atoms with Crippen molar-refractivity contribution >= 4 is 11.9 Å². The maximum atomic E-state index is 12.6. The van der Waals surface area contributed by atoms with Gasteiger partial charge >= 0.3 is 5.97 Å². The van der Waals surface area contributed by atoms with Crippen molar-refractivity contribution in [2.75, 3.05) is 13.2 Å². The first-order chi connectivity index (χ1) is 41.5. The van der Waals surface area contributed by atoms with E-state index in [1.807, 2.05) is 0 Å². The number of amides is 1. The fraction of sp³-hybridized carbons (Fsp3) is 0.974. The van der Waals surface area contributed by atoms with Gasteiger partial charge in [-0.25, -0.2) is 0 Å². The molecule has 0 aliphatic rings. The van der Waals surface area contributed by atoms with Gasteiger partial charge in [-0.2, -0.15) is 0 Å². The van der Waals surface area contributed by atoms with Crippen LogP contribution in [-0.2, 0) is 14.3 Å². The Labute approximate surface area is 527 Å². The summed E-state index contributed by atoms with van der Waals surface area (Å²) in [7, 11) is 0. The zero-order valence-electron chi connectivity index (χ0n) is 57.7. The molecular formula is C78H155NO5. The molecule has 2 unspecified atom stereocenters. The lowest BCUT2D eigenvalue weighted by Gasteiger charge is -2.22. The van der Waals surface area contributed by atoms with Crippen molar-refractivity contribution in [2.24, 2.45) is 0 Å². The molecule has 502 valence electrons. The van der Waals surface area contributed by atoms with Crippen molar-refractivity contribution in [1.82, 2.24) is 5.32 Å². The Kier molecular flexibility index (Phi) is 73.3. The second-order valence-electron chi connectivity index (χ2n) is 27.4. The largest absolute Gasteiger partial charge is 0.466 e. The second-order valence-corrected chi connectivity index (χ2v) is 27.4. The molecule has 0 rings (SSSR count). The molecule has 6 nitrogen and oxygen atoms in total. The maximum absolute atomic E-state index is 12.6. The normalized spacial score (nSPS) is 12.4. The molecule has 0 heterocycles. The van der Waals surface area contributed by atoms with Crippen LogP contribution in [-0.4, -0.2) is 47.4 Å². The third kappa shape index (κ3) is 70.0. The monoisotopic (exact) mass is 1190 g/mol. The van der Waals surface area contributed by atoms with Crippen molar-refractivity contribution in [3.63, 3.8) is 0 Å². The highest BCUT2D eigenvalue weighted by Gasteiger charge is 2.20. The predicted octanol–water partition coefficient (Wildman–Crippen LogP) is 25.7. The average molecular weight is 1190 g/mol. The summed E-state index contributed by atoms with van der Waals surface area (Å²) in [5.74, 6) is -0.00528. The molecule has 3 N–H and O–H groups in total. The summed E-state index contributed by atoms with van der Waals surface area (Å²) in [6.45, 7) is 5.02. The standard InChI is InChI=1S/C78H155NO5/c1-3-5-7-9-11-13-15-17-19-21-23-24-25-26-29-32-35-38-42-46-50-54-58-62-66-70-76(81)75(74-80)79-77(82)71-67-63-59-55-51-47-43-39-36-33-30-27-28-31-34-37-41-45-49-53-57-61-65-69-73-84-78(83)72-68-64-60-56-52-48-44-40-22-20-18-16-14-12-10-8-6-4-2/h75-76,80-81H,3-74H2,1-2H3,(H,79,82). The van der Waals surface area contributed by atoms with Gasteiger partial charge in [0.25, 0.3) is 0 Å². The Morgan fingerprint density at radius 2 is 0.488 bits per heavy atom. The number of ether oxygens (including phenoxy) is 1. The van der Waals surface area contributed by atoms with Gasteiger partial charge in [0, 0.05) is 12.8 Å². The summed E-state index contributed by atoms with van der Waals surface area (Å²) < 4.78 is 5.52. The van der Waals surface area contributed by atoms with Gasteiger partial charge in [-0.05, 0) is 25.7 Å². The molecule has 0 saturated carbocycles. The van der Waals surface area contributed by atoms with Gasteiger partial charge in [0.05, 0.1) is 25.4 Å². The molecule has 1 amide bonds. The number of esters is 1. The van der Waals surface area contributed by atoms with Crippen molar-refractivity contribution in [1.29, 1.82) is 0 Å². The molecule has 0 spiro atoms. The van der Waals surface area contributed by atoms with Gasteiger partial charge < -0.3 is 20.3 Å². The van der Waals surface area contributed by atoms with Crippen LogP contribution in [0, 0.1) is 0 Å². The van der Waals surface area contributed by atoms with E-state index in [9.17, 15) is 19.8 Å². The summed E-state index contributed by atoms with van der Waals surface area (Å²) in [4.78, 5) is 24.7. The van der Waals surface area contributed by atoms with Gasteiger partial charge in [0.15, 0.2) is 0 Å². The van der Waals surface area contributed by atoms with E-state index in [0.29, 0.717) is 25.9 Å². The van der Waals surface area contributed by atoms with E-state index in [0.717, 1.165) is 38.5 Å². The average Bonchev–Trinajstić information content (AvgIpc) is 3.53. The van der Waals surface area contributed by atoms with Crippen LogP contribution < -0.4 is 5.32 Å². The van der Waals surface area contributed by atoms with Gasteiger partial charge in [0.2, 0.25) is 5.91 Å². The van der Waals surface area contributed by atoms with Crippen molar-refractivity contribution in [2.45, 2.75) is 475 Å². The Balaban J connectivity index is 3.34. The molecule has 84 heavy (non-hydrogen) atoms. The van der Waals surface area contributed by atoms with E-state index in [4.69, 9.17) is 4.74 Å². The molecule has 6 heteroatoms. The minimum atomic E-state index is -0.664. The van der Waals surface area contributed by atoms with Gasteiger partial charge in [-0.15, -0.1) is 0 Å². The van der Waals surface area contributed by atoms with Gasteiger partial charge in [-0.3, -0.25) is 9.59 Å². The van der Waals surface area contributed by atoms with Crippen LogP contribution in [0.5, 0.6) is 0 Å². The minimum absolute atomic E-state index is 0.0218. The maximum Gasteiger partial charge on any atom is 0.305 e. The smallest absolute Gasteiger partial charge is 0.305 e. The number of hydrogen-bond donors (Lipinski definition) is 3. The molecule has 0 aromatic rings. The number of aliphatic hydroxyl groups excluding tert-OH is 2. The Bertz CT molecular complexity index is 1230. The van der Waals surface area contributed by atoms with Gasteiger partial charge in [0.1, 0.15) is 0 Å². The second kappa shape index (κ2) is 74.3. The van der Waals surface area contributed by atoms with Crippen molar-refractivity contribution in [3.05, 3.63) is 0 Å². The SMILES string of the molecule is CCCCCCCCCCCCCCCCCCCCCCCCCCCC(O)C(CO)NC(=O)CCCCCCCCCCCCCCCCCCCCCCCCCCOC(=O)CCCCCCCCCCCCCCCCCCCC. The molecule has 0 fully saturated rings. The van der Waals surface area contributed by atoms with Crippen LogP contribution in [0.3, 0.4) is 0 Å². The topological polar surface area (TPSA) is 95.9 Å². The predicted molar refractivity (Wildman–Crippen MR) is 371 cm³/mol. The fourth-order valence-electron chi connectivity index (χ4n) is 12.9. The zero-order chi connectivity index (χ0) is 60.6. The summed E-state index contributed by atoms with van der Waals surface area (Å²) in [6.07, 6.45) is 91.8. The van der Waals surface area contributed by atoms with E-state index in [2.05, 4.69) is 19.2 Å². The Morgan fingerprint density at radius 3 is 0.726 bits per heavy atom. The van der Waals surface area contributed by atoms with Crippen LogP contribution in [0.4, 0.5) is 0 Å². The lowest BCUT2D eigenvalue weighted by molar-refractivity contribution is -0.143. The first-order valence-corrected chi connectivity index (χ1v) is 39.3. The molecule has 0 bridgehead atoms. The number of unbranched alkanes of at least 4 members (excludes halogenated alkanes) is 64. The third-order valence-electron chi connectivity index (χ3n) is 18.9. The molecule has 0 radical (unpaired) electrons. The highest BCUT2D eigenvalue weighted by molar-refractivity contribution is 5.76. The minimum Gasteiger partial charge on any atom is -0.466 e. The third-order valence-corrected chi connectivity index (χ3v) is 18.9. The molecule has 0 aromatic carbocycles. The summed E-state index contributed by atoms with van der Waals surface area (Å²) >= 11 is 0. The van der Waals surface area contributed by atoms with E-state index < -0.39 is 12.1 Å². The number of hydrogen-bond acceptors (Lipinski definition) is 5. The van der Waals surface area contributed by atoms with E-state index >= 15 is 0 Å². The highest BCUT2D eigenvalue weighted by atomic mass is 16.5. The summed E-state index contributed by atoms with van der Waals surface area (Å²) in [5, 5.41) is 23.5. The molecule has 2 atom stereocenters. The van der Waals surface area contributed by atoms with Crippen LogP contribution >= 0.6 is 0 Å². The number of nitrogens with one attached hydrogen (secondary N) is 1. The van der Waals surface area contributed by atoms with Crippen LogP contribution in [0.15, 0.2) is 0 Å². The number of carbonyl (C=O) groups excluding carboxylic acids is 2.